The Morgan fingerprint density at radius 1 is 1.26 bits per heavy atom. The van der Waals surface area contributed by atoms with Crippen molar-refractivity contribution in [1.82, 2.24) is 10.6 Å². The normalized spacial score (nSPS) is 10.9. The van der Waals surface area contributed by atoms with E-state index in [0.29, 0.717) is 13.0 Å². The van der Waals surface area contributed by atoms with Gasteiger partial charge in [0.25, 0.3) is 0 Å². The van der Waals surface area contributed by atoms with Crippen molar-refractivity contribution in [3.63, 3.8) is 0 Å². The molecule has 0 spiro atoms. The lowest BCUT2D eigenvalue weighted by atomic mass is 10.1. The van der Waals surface area contributed by atoms with Gasteiger partial charge in [-0.05, 0) is 38.0 Å². The first kappa shape index (κ1) is 14.9. The molecule has 6 heteroatoms. The van der Waals surface area contributed by atoms with E-state index in [4.69, 9.17) is 5.11 Å². The third-order valence-electron chi connectivity index (χ3n) is 2.57. The standard InChI is InChI=1S/C13H17FN2O3/c1-13(2,11(17)18)16-12(19)15-8-7-9-3-5-10(14)6-4-9/h3-6H,7-8H2,1-2H3,(H,17,18)(H2,15,16,19). The van der Waals surface area contributed by atoms with Crippen LogP contribution in [0, 0.1) is 5.82 Å². The number of carbonyl (C=O) groups excluding carboxylic acids is 1. The number of carboxylic acid groups (broad SMARTS) is 1. The van der Waals surface area contributed by atoms with Gasteiger partial charge >= 0.3 is 12.0 Å². The Morgan fingerprint density at radius 2 is 1.84 bits per heavy atom. The van der Waals surface area contributed by atoms with Crippen LogP contribution in [0.3, 0.4) is 0 Å². The van der Waals surface area contributed by atoms with Crippen LogP contribution in [0.2, 0.25) is 0 Å². The van der Waals surface area contributed by atoms with Gasteiger partial charge in [-0.15, -0.1) is 0 Å². The third-order valence-corrected chi connectivity index (χ3v) is 2.57. The van der Waals surface area contributed by atoms with Gasteiger partial charge in [0.2, 0.25) is 0 Å². The average molecular weight is 268 g/mol. The molecule has 1 aromatic rings. The van der Waals surface area contributed by atoms with Crippen molar-refractivity contribution in [2.75, 3.05) is 6.54 Å². The van der Waals surface area contributed by atoms with Gasteiger partial charge in [0.05, 0.1) is 0 Å². The first-order valence-electron chi connectivity index (χ1n) is 5.85. The van der Waals surface area contributed by atoms with Crippen molar-refractivity contribution in [2.24, 2.45) is 0 Å². The minimum absolute atomic E-state index is 0.308. The summed E-state index contributed by atoms with van der Waals surface area (Å²) in [4.78, 5) is 22.3. The number of carbonyl (C=O) groups is 2. The monoisotopic (exact) mass is 268 g/mol. The molecule has 0 aliphatic heterocycles. The van der Waals surface area contributed by atoms with Gasteiger partial charge in [-0.2, -0.15) is 0 Å². The first-order valence-corrected chi connectivity index (χ1v) is 5.85. The van der Waals surface area contributed by atoms with E-state index < -0.39 is 17.5 Å². The minimum atomic E-state index is -1.32. The Balaban J connectivity index is 2.35. The molecule has 104 valence electrons. The van der Waals surface area contributed by atoms with Gasteiger partial charge in [-0.1, -0.05) is 12.1 Å². The Labute approximate surface area is 110 Å². The smallest absolute Gasteiger partial charge is 0.328 e. The fourth-order valence-electron chi connectivity index (χ4n) is 1.35. The fraction of sp³-hybridized carbons (Fsp3) is 0.385. The van der Waals surface area contributed by atoms with E-state index in [1.165, 1.54) is 26.0 Å². The SMILES string of the molecule is CC(C)(NC(=O)NCCc1ccc(F)cc1)C(=O)O. The number of hydrogen-bond donors (Lipinski definition) is 3. The molecule has 0 aromatic heterocycles. The number of hydrogen-bond acceptors (Lipinski definition) is 2. The van der Waals surface area contributed by atoms with Crippen molar-refractivity contribution < 1.29 is 19.1 Å². The topological polar surface area (TPSA) is 78.4 Å². The number of aliphatic carboxylic acids is 1. The largest absolute Gasteiger partial charge is 0.480 e. The number of amides is 2. The Hall–Kier alpha value is -2.11. The molecule has 0 aliphatic rings. The van der Waals surface area contributed by atoms with Gasteiger partial charge in [0.15, 0.2) is 0 Å². The van der Waals surface area contributed by atoms with Crippen LogP contribution in [0.15, 0.2) is 24.3 Å². The highest BCUT2D eigenvalue weighted by Crippen LogP contribution is 2.03. The lowest BCUT2D eigenvalue weighted by molar-refractivity contribution is -0.142. The molecule has 0 radical (unpaired) electrons. The van der Waals surface area contributed by atoms with Crippen molar-refractivity contribution in [3.05, 3.63) is 35.6 Å². The van der Waals surface area contributed by atoms with Gasteiger partial charge in [0.1, 0.15) is 11.4 Å². The number of nitrogens with one attached hydrogen (secondary N) is 2. The van der Waals surface area contributed by atoms with Gasteiger partial charge in [-0.25, -0.2) is 14.0 Å². The van der Waals surface area contributed by atoms with E-state index in [9.17, 15) is 14.0 Å². The molecule has 0 atom stereocenters. The van der Waals surface area contributed by atoms with Gasteiger partial charge in [-0.3, -0.25) is 0 Å². The highest BCUT2D eigenvalue weighted by atomic mass is 19.1. The maximum Gasteiger partial charge on any atom is 0.328 e. The van der Waals surface area contributed by atoms with Crippen LogP contribution in [0.1, 0.15) is 19.4 Å². The second-order valence-electron chi connectivity index (χ2n) is 4.69. The summed E-state index contributed by atoms with van der Waals surface area (Å²) in [7, 11) is 0. The van der Waals surface area contributed by atoms with Crippen molar-refractivity contribution in [2.45, 2.75) is 25.8 Å². The highest BCUT2D eigenvalue weighted by molar-refractivity contribution is 5.85. The summed E-state index contributed by atoms with van der Waals surface area (Å²) in [6.45, 7) is 3.14. The van der Waals surface area contributed by atoms with Crippen molar-refractivity contribution in [1.29, 1.82) is 0 Å². The van der Waals surface area contributed by atoms with E-state index in [2.05, 4.69) is 10.6 Å². The average Bonchev–Trinajstić information content (AvgIpc) is 2.31. The number of carboxylic acids is 1. The quantitative estimate of drug-likeness (QED) is 0.757. The number of urea groups is 1. The second kappa shape index (κ2) is 6.17. The zero-order valence-electron chi connectivity index (χ0n) is 10.9. The molecular weight excluding hydrogens is 251 g/mol. The molecule has 5 nitrogen and oxygen atoms in total. The lowest BCUT2D eigenvalue weighted by Gasteiger charge is -2.21. The van der Waals surface area contributed by atoms with Crippen LogP contribution in [0.4, 0.5) is 9.18 Å². The first-order chi connectivity index (χ1) is 8.81. The summed E-state index contributed by atoms with van der Waals surface area (Å²) < 4.78 is 12.7. The lowest BCUT2D eigenvalue weighted by Crippen LogP contribution is -2.53. The van der Waals surface area contributed by atoms with Crippen LogP contribution in [0.25, 0.3) is 0 Å². The van der Waals surface area contributed by atoms with E-state index in [-0.39, 0.29) is 5.82 Å². The number of halogens is 1. The summed E-state index contributed by atoms with van der Waals surface area (Å²) in [5.41, 5.74) is -0.431. The Kier molecular flexibility index (Phi) is 4.86. The molecule has 1 aromatic carbocycles. The number of rotatable bonds is 5. The van der Waals surface area contributed by atoms with Crippen LogP contribution in [-0.4, -0.2) is 29.2 Å². The predicted molar refractivity (Wildman–Crippen MR) is 68.4 cm³/mol. The molecule has 0 aliphatic carbocycles. The second-order valence-corrected chi connectivity index (χ2v) is 4.69. The Morgan fingerprint density at radius 3 is 2.37 bits per heavy atom. The number of benzene rings is 1. The van der Waals surface area contributed by atoms with E-state index in [1.807, 2.05) is 0 Å². The molecule has 1 rings (SSSR count). The van der Waals surface area contributed by atoms with E-state index in [0.717, 1.165) is 5.56 Å². The summed E-state index contributed by atoms with van der Waals surface area (Å²) in [6, 6.07) is 5.42. The summed E-state index contributed by atoms with van der Waals surface area (Å²) in [6.07, 6.45) is 0.543. The zero-order valence-corrected chi connectivity index (χ0v) is 10.9. The fourth-order valence-corrected chi connectivity index (χ4v) is 1.35. The molecule has 2 amide bonds. The van der Waals surface area contributed by atoms with Crippen molar-refractivity contribution >= 4 is 12.0 Å². The molecule has 0 heterocycles. The van der Waals surface area contributed by atoms with Crippen LogP contribution < -0.4 is 10.6 Å². The van der Waals surface area contributed by atoms with Crippen LogP contribution >= 0.6 is 0 Å². The van der Waals surface area contributed by atoms with E-state index >= 15 is 0 Å². The summed E-state index contributed by atoms with van der Waals surface area (Å²) in [5.74, 6) is -1.42. The van der Waals surface area contributed by atoms with Gasteiger partial charge in [0, 0.05) is 6.54 Å². The molecule has 0 fully saturated rings. The molecule has 0 saturated heterocycles. The summed E-state index contributed by atoms with van der Waals surface area (Å²) in [5, 5.41) is 13.7. The van der Waals surface area contributed by atoms with Crippen LogP contribution in [-0.2, 0) is 11.2 Å². The minimum Gasteiger partial charge on any atom is -0.480 e. The molecule has 0 saturated carbocycles. The summed E-state index contributed by atoms with van der Waals surface area (Å²) >= 11 is 0. The molecule has 0 unspecified atom stereocenters. The maximum atomic E-state index is 12.7. The maximum absolute atomic E-state index is 12.7. The van der Waals surface area contributed by atoms with E-state index in [1.54, 1.807) is 12.1 Å². The molecule has 3 N–H and O–H groups in total. The molecular formula is C13H17FN2O3. The zero-order chi connectivity index (χ0) is 14.5. The molecule has 0 bridgehead atoms. The van der Waals surface area contributed by atoms with Gasteiger partial charge < -0.3 is 15.7 Å². The predicted octanol–water partition coefficient (Wildman–Crippen LogP) is 1.53. The Bertz CT molecular complexity index is 457. The van der Waals surface area contributed by atoms with Crippen LogP contribution in [0.5, 0.6) is 0 Å². The van der Waals surface area contributed by atoms with Crippen molar-refractivity contribution in [3.8, 4) is 0 Å². The molecule has 19 heavy (non-hydrogen) atoms. The third kappa shape index (κ3) is 4.95. The highest BCUT2D eigenvalue weighted by Gasteiger charge is 2.28.